The molecule has 3 aromatic rings. The van der Waals surface area contributed by atoms with E-state index in [0.717, 1.165) is 22.6 Å². The Morgan fingerprint density at radius 1 is 1.15 bits per heavy atom. The van der Waals surface area contributed by atoms with Gasteiger partial charge in [0.1, 0.15) is 0 Å². The van der Waals surface area contributed by atoms with Gasteiger partial charge in [-0.25, -0.2) is 0 Å². The summed E-state index contributed by atoms with van der Waals surface area (Å²) in [6.07, 6.45) is 4.05. The zero-order valence-corrected chi connectivity index (χ0v) is 14.5. The summed E-state index contributed by atoms with van der Waals surface area (Å²) >= 11 is 0. The molecule has 0 amide bonds. The van der Waals surface area contributed by atoms with Crippen molar-refractivity contribution in [3.63, 3.8) is 0 Å². The fourth-order valence-electron chi connectivity index (χ4n) is 3.60. The maximum absolute atomic E-state index is 12.8. The lowest BCUT2D eigenvalue weighted by Crippen LogP contribution is -2.25. The van der Waals surface area contributed by atoms with Crippen molar-refractivity contribution < 1.29 is 9.72 Å². The lowest BCUT2D eigenvalue weighted by Gasteiger charge is -2.19. The first-order chi connectivity index (χ1) is 13.1. The smallest absolute Gasteiger partial charge is 0.207 e. The molecule has 2 heterocycles. The maximum Gasteiger partial charge on any atom is 0.207 e. The van der Waals surface area contributed by atoms with Crippen LogP contribution in [0.3, 0.4) is 0 Å². The molecule has 0 aliphatic heterocycles. The molecule has 1 atom stereocenters. The lowest BCUT2D eigenvalue weighted by atomic mass is 9.86. The Hall–Kier alpha value is -3.48. The number of pyridine rings is 1. The summed E-state index contributed by atoms with van der Waals surface area (Å²) in [6.45, 7) is -0.198. The molecule has 0 spiro atoms. The summed E-state index contributed by atoms with van der Waals surface area (Å²) in [4.78, 5) is 30.8. The number of hydrogen-bond donors (Lipinski definition) is 2. The highest BCUT2D eigenvalue weighted by molar-refractivity contribution is 6.07. The van der Waals surface area contributed by atoms with Crippen LogP contribution >= 0.6 is 0 Å². The van der Waals surface area contributed by atoms with E-state index in [4.69, 9.17) is 0 Å². The Morgan fingerprint density at radius 3 is 2.59 bits per heavy atom. The molecule has 1 unspecified atom stereocenters. The van der Waals surface area contributed by atoms with Crippen LogP contribution in [0.2, 0.25) is 0 Å². The van der Waals surface area contributed by atoms with Gasteiger partial charge < -0.3 is 10.3 Å². The van der Waals surface area contributed by atoms with Crippen LogP contribution in [0.25, 0.3) is 11.3 Å². The van der Waals surface area contributed by atoms with Gasteiger partial charge in [0.05, 0.1) is 16.9 Å². The summed E-state index contributed by atoms with van der Waals surface area (Å²) in [5, 5.41) is 14.2. The molecule has 4 rings (SSSR count). The summed E-state index contributed by atoms with van der Waals surface area (Å²) in [5.74, 6) is -0.355. The first-order valence-electron chi connectivity index (χ1n) is 8.74. The van der Waals surface area contributed by atoms with Gasteiger partial charge in [-0.1, -0.05) is 18.2 Å². The number of nitrogens with zero attached hydrogens (tertiary/aromatic N) is 2. The third-order valence-electron chi connectivity index (χ3n) is 4.74. The van der Waals surface area contributed by atoms with Crippen LogP contribution in [-0.2, 0) is 6.42 Å². The zero-order valence-electron chi connectivity index (χ0n) is 14.5. The highest BCUT2D eigenvalue weighted by atomic mass is 16.6. The van der Waals surface area contributed by atoms with Crippen LogP contribution < -0.4 is 5.32 Å². The van der Waals surface area contributed by atoms with E-state index in [0.29, 0.717) is 17.7 Å². The number of nitrogens with one attached hydrogen (secondary N) is 2. The first kappa shape index (κ1) is 17.0. The molecule has 0 saturated carbocycles. The molecule has 0 fully saturated rings. The van der Waals surface area contributed by atoms with Gasteiger partial charge in [0.15, 0.2) is 5.78 Å². The molecule has 2 aromatic heterocycles. The minimum atomic E-state index is -0.348. The van der Waals surface area contributed by atoms with Crippen molar-refractivity contribution in [2.24, 2.45) is 5.92 Å². The summed E-state index contributed by atoms with van der Waals surface area (Å²) in [7, 11) is 0. The number of rotatable bonds is 5. The van der Waals surface area contributed by atoms with E-state index in [2.05, 4.69) is 15.3 Å². The van der Waals surface area contributed by atoms with Gasteiger partial charge in [-0.3, -0.25) is 19.9 Å². The number of aromatic nitrogens is 2. The number of para-hydroxylation sites is 1. The number of Topliss-reactive ketones (excluding diaryl/α,β-unsaturated/α-hetero) is 1. The minimum Gasteiger partial charge on any atom is -0.356 e. The van der Waals surface area contributed by atoms with E-state index < -0.39 is 0 Å². The average molecular weight is 362 g/mol. The number of fused-ring (bicyclic) bond motifs is 1. The van der Waals surface area contributed by atoms with E-state index in [1.165, 1.54) is 0 Å². The van der Waals surface area contributed by atoms with Gasteiger partial charge in [0.2, 0.25) is 6.54 Å². The normalized spacial score (nSPS) is 16.0. The third kappa shape index (κ3) is 3.44. The largest absolute Gasteiger partial charge is 0.356 e. The quantitative estimate of drug-likeness (QED) is 0.530. The Kier molecular flexibility index (Phi) is 4.42. The SMILES string of the molecule is O=C1CC(C[N+](=O)[O-])Cc2[nH]c(-c3ccncc3)c(Nc3ccccc3)c21. The van der Waals surface area contributed by atoms with Crippen molar-refractivity contribution in [2.45, 2.75) is 12.8 Å². The monoisotopic (exact) mass is 362 g/mol. The number of hydrogen-bond acceptors (Lipinski definition) is 5. The van der Waals surface area contributed by atoms with Crippen LogP contribution in [0.4, 0.5) is 11.4 Å². The Bertz CT molecular complexity index is 983. The standard InChI is InChI=1S/C20H18N4O3/c25-17-11-13(12-24(26)27)10-16-18(17)20(22-15-4-2-1-3-5-15)19(23-16)14-6-8-21-9-7-14/h1-9,13,22-23H,10-12H2. The van der Waals surface area contributed by atoms with E-state index in [9.17, 15) is 14.9 Å². The number of ketones is 1. The van der Waals surface area contributed by atoms with Crippen molar-refractivity contribution in [3.8, 4) is 11.3 Å². The van der Waals surface area contributed by atoms with Crippen LogP contribution in [0, 0.1) is 16.0 Å². The Balaban J connectivity index is 1.80. The number of carbonyl (C=O) groups is 1. The average Bonchev–Trinajstić information content (AvgIpc) is 3.01. The molecular weight excluding hydrogens is 344 g/mol. The highest BCUT2D eigenvalue weighted by Gasteiger charge is 2.33. The molecule has 27 heavy (non-hydrogen) atoms. The van der Waals surface area contributed by atoms with Gasteiger partial charge in [0, 0.05) is 46.6 Å². The fraction of sp³-hybridized carbons (Fsp3) is 0.200. The van der Waals surface area contributed by atoms with Gasteiger partial charge in [-0.15, -0.1) is 0 Å². The Labute approximate surface area is 155 Å². The molecule has 7 heteroatoms. The molecule has 136 valence electrons. The van der Waals surface area contributed by atoms with E-state index in [1.807, 2.05) is 42.5 Å². The molecule has 2 N–H and O–H groups in total. The second kappa shape index (κ2) is 7.03. The van der Waals surface area contributed by atoms with Gasteiger partial charge in [0.25, 0.3) is 0 Å². The number of anilines is 2. The number of H-pyrrole nitrogens is 1. The number of nitro groups is 1. The minimum absolute atomic E-state index is 0.0712. The highest BCUT2D eigenvalue weighted by Crippen LogP contribution is 2.39. The summed E-state index contributed by atoms with van der Waals surface area (Å²) in [6, 6.07) is 13.4. The summed E-state index contributed by atoms with van der Waals surface area (Å²) < 4.78 is 0. The molecular formula is C20H18N4O3. The van der Waals surface area contributed by atoms with E-state index in [-0.39, 0.29) is 29.6 Å². The van der Waals surface area contributed by atoms with Gasteiger partial charge in [-0.2, -0.15) is 0 Å². The zero-order chi connectivity index (χ0) is 18.8. The number of aromatic amines is 1. The van der Waals surface area contributed by atoms with Crippen molar-refractivity contribution in [3.05, 3.63) is 76.2 Å². The maximum atomic E-state index is 12.8. The van der Waals surface area contributed by atoms with Gasteiger partial charge >= 0.3 is 0 Å². The van der Waals surface area contributed by atoms with Crippen molar-refractivity contribution >= 4 is 17.2 Å². The van der Waals surface area contributed by atoms with Crippen molar-refractivity contribution in [1.29, 1.82) is 0 Å². The summed E-state index contributed by atoms with van der Waals surface area (Å²) in [5.41, 5.74) is 4.63. The third-order valence-corrected chi connectivity index (χ3v) is 4.74. The molecule has 0 saturated heterocycles. The predicted molar refractivity (Wildman–Crippen MR) is 102 cm³/mol. The Morgan fingerprint density at radius 2 is 1.89 bits per heavy atom. The van der Waals surface area contributed by atoms with Crippen molar-refractivity contribution in [1.82, 2.24) is 9.97 Å². The number of carbonyl (C=O) groups excluding carboxylic acids is 1. The molecule has 1 aromatic carbocycles. The second-order valence-electron chi connectivity index (χ2n) is 6.67. The van der Waals surface area contributed by atoms with Gasteiger partial charge in [-0.05, 0) is 30.7 Å². The van der Waals surface area contributed by atoms with Crippen LogP contribution in [0.5, 0.6) is 0 Å². The van der Waals surface area contributed by atoms with Crippen LogP contribution in [0.1, 0.15) is 22.5 Å². The molecule has 1 aliphatic carbocycles. The molecule has 1 aliphatic rings. The van der Waals surface area contributed by atoms with E-state index in [1.54, 1.807) is 12.4 Å². The van der Waals surface area contributed by atoms with E-state index >= 15 is 0 Å². The lowest BCUT2D eigenvalue weighted by molar-refractivity contribution is -0.488. The van der Waals surface area contributed by atoms with Crippen molar-refractivity contribution in [2.75, 3.05) is 11.9 Å². The first-order valence-corrected chi connectivity index (χ1v) is 8.74. The molecule has 0 radical (unpaired) electrons. The second-order valence-corrected chi connectivity index (χ2v) is 6.67. The topological polar surface area (TPSA) is 101 Å². The van der Waals surface area contributed by atoms with Crippen LogP contribution in [-0.4, -0.2) is 27.2 Å². The fourth-order valence-corrected chi connectivity index (χ4v) is 3.60. The van der Waals surface area contributed by atoms with Crippen LogP contribution in [0.15, 0.2) is 54.9 Å². The molecule has 0 bridgehead atoms. The predicted octanol–water partition coefficient (Wildman–Crippen LogP) is 3.84. The molecule has 7 nitrogen and oxygen atoms in total. The number of benzene rings is 1.